The van der Waals surface area contributed by atoms with Gasteiger partial charge in [0.15, 0.2) is 5.95 Å². The van der Waals surface area contributed by atoms with Crippen molar-refractivity contribution in [3.8, 4) is 17.0 Å². The predicted octanol–water partition coefficient (Wildman–Crippen LogP) is 5.19. The van der Waals surface area contributed by atoms with Gasteiger partial charge in [0.25, 0.3) is 0 Å². The number of nitrogens with zero attached hydrogens (tertiary/aromatic N) is 2. The molecule has 2 heterocycles. The normalized spacial score (nSPS) is 10.4. The van der Waals surface area contributed by atoms with Crippen LogP contribution >= 0.6 is 11.9 Å². The van der Waals surface area contributed by atoms with Gasteiger partial charge in [-0.2, -0.15) is 0 Å². The summed E-state index contributed by atoms with van der Waals surface area (Å²) in [6.07, 6.45) is 5.70. The van der Waals surface area contributed by atoms with Gasteiger partial charge in [-0.05, 0) is 77.7 Å². The third-order valence-electron chi connectivity index (χ3n) is 5.50. The molecule has 6 N–H and O–H groups in total. The molecule has 2 aromatic heterocycles. The number of aryl methyl sites for hydroxylation is 2. The van der Waals surface area contributed by atoms with Crippen LogP contribution in [0.15, 0.2) is 71.9 Å². The van der Waals surface area contributed by atoms with E-state index in [1.165, 1.54) is 21.6 Å². The smallest absolute Gasteiger partial charge is 0.204 e. The van der Waals surface area contributed by atoms with Crippen molar-refractivity contribution in [2.45, 2.75) is 37.5 Å². The number of carbonyl (C=O) groups excluding carboxylic acids is 1. The molecule has 188 valence electrons. The number of primary amides is 1. The first-order valence-corrected chi connectivity index (χ1v) is 12.4. The molecule has 1 amide bonds. The highest BCUT2D eigenvalue weighted by Gasteiger charge is 2.10. The molecule has 0 bridgehead atoms. The summed E-state index contributed by atoms with van der Waals surface area (Å²) >= 11 is 1.57. The second-order valence-corrected chi connectivity index (χ2v) is 9.21. The molecule has 0 saturated carbocycles. The molecule has 0 saturated heterocycles. The van der Waals surface area contributed by atoms with Gasteiger partial charge in [-0.3, -0.25) is 4.79 Å². The van der Waals surface area contributed by atoms with E-state index in [4.69, 9.17) is 15.3 Å². The minimum absolute atomic E-state index is 0.250. The average Bonchev–Trinajstić information content (AvgIpc) is 3.33. The lowest BCUT2D eigenvalue weighted by Crippen LogP contribution is -1.96. The van der Waals surface area contributed by atoms with Crippen LogP contribution in [-0.4, -0.2) is 28.5 Å². The Balaban J connectivity index is 0.00000115. The van der Waals surface area contributed by atoms with Crippen molar-refractivity contribution in [1.29, 1.82) is 0 Å². The van der Waals surface area contributed by atoms with Crippen molar-refractivity contribution >= 4 is 30.1 Å². The molecule has 9 heteroatoms. The summed E-state index contributed by atoms with van der Waals surface area (Å²) in [6, 6.07) is 19.0. The molecule has 0 spiro atoms. The quantitative estimate of drug-likeness (QED) is 0.182. The van der Waals surface area contributed by atoms with Crippen LogP contribution in [-0.2, 0) is 17.6 Å². The fourth-order valence-corrected chi connectivity index (χ4v) is 4.16. The molecule has 2 aromatic carbocycles. The number of ether oxygens (including phenoxy) is 1. The second kappa shape index (κ2) is 13.2. The third-order valence-corrected chi connectivity index (χ3v) is 6.32. The Labute approximate surface area is 216 Å². The Bertz CT molecular complexity index is 1240. The molecule has 0 atom stereocenters. The molecule has 0 aliphatic carbocycles. The molecule has 0 aliphatic heterocycles. The zero-order valence-electron chi connectivity index (χ0n) is 20.7. The Morgan fingerprint density at radius 3 is 2.31 bits per heavy atom. The standard InChI is InChI=1S/C26H29N5OS.CH3NO/c1-17(2)20-8-10-21(11-9-20)33-31-25-13-7-19(15-28-25)5-4-18-6-12-22(24(14-18)32-3)23-16-29-26(27)30-23;2-1-3/h6-17H,4-5H2,1-3H3,(H,28,31)(H3,27,29,30);1H,(H2,2,3). The number of hydrogen-bond donors (Lipinski definition) is 4. The molecule has 8 nitrogen and oxygen atoms in total. The lowest BCUT2D eigenvalue weighted by Gasteiger charge is -2.10. The first-order valence-electron chi connectivity index (χ1n) is 11.5. The Kier molecular flexibility index (Phi) is 9.76. The van der Waals surface area contributed by atoms with Gasteiger partial charge in [0.1, 0.15) is 11.6 Å². The van der Waals surface area contributed by atoms with E-state index in [-0.39, 0.29) is 6.41 Å². The van der Waals surface area contributed by atoms with Crippen LogP contribution in [0, 0.1) is 0 Å². The van der Waals surface area contributed by atoms with Gasteiger partial charge >= 0.3 is 0 Å². The number of nitrogens with two attached hydrogens (primary N) is 2. The Hall–Kier alpha value is -3.98. The number of amides is 1. The van der Waals surface area contributed by atoms with Gasteiger partial charge in [-0.1, -0.05) is 38.1 Å². The number of carbonyl (C=O) groups is 1. The molecule has 4 aromatic rings. The Morgan fingerprint density at radius 2 is 1.72 bits per heavy atom. The first-order chi connectivity index (χ1) is 17.4. The topological polar surface area (TPSA) is 132 Å². The maximum atomic E-state index is 8.58. The molecule has 36 heavy (non-hydrogen) atoms. The van der Waals surface area contributed by atoms with Crippen LogP contribution in [0.2, 0.25) is 0 Å². The van der Waals surface area contributed by atoms with Gasteiger partial charge in [-0.25, -0.2) is 9.97 Å². The number of rotatable bonds is 9. The molecular weight excluding hydrogens is 472 g/mol. The molecular formula is C27H32N6O2S. The summed E-state index contributed by atoms with van der Waals surface area (Å²) in [5.41, 5.74) is 15.4. The number of hydrogen-bond acceptors (Lipinski definition) is 7. The second-order valence-electron chi connectivity index (χ2n) is 8.33. The van der Waals surface area contributed by atoms with Crippen molar-refractivity contribution in [1.82, 2.24) is 15.0 Å². The highest BCUT2D eigenvalue weighted by molar-refractivity contribution is 8.00. The first kappa shape index (κ1) is 26.6. The minimum atomic E-state index is 0.250. The largest absolute Gasteiger partial charge is 0.496 e. The van der Waals surface area contributed by atoms with Crippen molar-refractivity contribution in [2.75, 3.05) is 17.6 Å². The number of nitrogen functional groups attached to an aromatic ring is 1. The number of imidazole rings is 1. The number of methoxy groups -OCH3 is 1. The van der Waals surface area contributed by atoms with Crippen LogP contribution in [0.25, 0.3) is 11.3 Å². The summed E-state index contributed by atoms with van der Waals surface area (Å²) in [6.45, 7) is 4.41. The monoisotopic (exact) mass is 504 g/mol. The van der Waals surface area contributed by atoms with Gasteiger partial charge in [0.05, 0.1) is 19.0 Å². The van der Waals surface area contributed by atoms with Crippen molar-refractivity contribution in [3.05, 3.63) is 83.7 Å². The zero-order valence-corrected chi connectivity index (χ0v) is 21.5. The van der Waals surface area contributed by atoms with E-state index >= 15 is 0 Å². The van der Waals surface area contributed by atoms with Gasteiger partial charge in [0, 0.05) is 16.7 Å². The number of aromatic nitrogens is 3. The molecule has 0 unspecified atom stereocenters. The van der Waals surface area contributed by atoms with E-state index in [0.29, 0.717) is 11.9 Å². The highest BCUT2D eigenvalue weighted by Crippen LogP contribution is 2.30. The van der Waals surface area contributed by atoms with Crippen LogP contribution in [0.3, 0.4) is 0 Å². The van der Waals surface area contributed by atoms with E-state index in [1.807, 2.05) is 18.3 Å². The van der Waals surface area contributed by atoms with Crippen molar-refractivity contribution in [3.63, 3.8) is 0 Å². The van der Waals surface area contributed by atoms with E-state index in [2.05, 4.69) is 81.7 Å². The summed E-state index contributed by atoms with van der Waals surface area (Å²) in [4.78, 5) is 21.4. The maximum absolute atomic E-state index is 8.58. The number of H-pyrrole nitrogens is 1. The lowest BCUT2D eigenvalue weighted by molar-refractivity contribution is -0.106. The summed E-state index contributed by atoms with van der Waals surface area (Å²) in [5.74, 6) is 2.58. The van der Waals surface area contributed by atoms with Crippen LogP contribution in [0.5, 0.6) is 5.75 Å². The fraction of sp³-hybridized carbons (Fsp3) is 0.222. The van der Waals surface area contributed by atoms with E-state index in [1.54, 1.807) is 25.3 Å². The molecule has 4 rings (SSSR count). The molecule has 0 radical (unpaired) electrons. The predicted molar refractivity (Wildman–Crippen MR) is 147 cm³/mol. The molecule has 0 aliphatic rings. The summed E-state index contributed by atoms with van der Waals surface area (Å²) in [7, 11) is 1.68. The zero-order chi connectivity index (χ0) is 25.9. The number of benzene rings is 2. The average molecular weight is 505 g/mol. The van der Waals surface area contributed by atoms with Crippen LogP contribution in [0.1, 0.15) is 36.5 Å². The van der Waals surface area contributed by atoms with E-state index in [0.717, 1.165) is 35.7 Å². The summed E-state index contributed by atoms with van der Waals surface area (Å²) in [5, 5.41) is 0. The minimum Gasteiger partial charge on any atom is -0.496 e. The maximum Gasteiger partial charge on any atom is 0.204 e. The van der Waals surface area contributed by atoms with Gasteiger partial charge in [-0.15, -0.1) is 0 Å². The highest BCUT2D eigenvalue weighted by atomic mass is 32.2. The van der Waals surface area contributed by atoms with Crippen molar-refractivity contribution < 1.29 is 9.53 Å². The SMILES string of the molecule is COc1cc(CCc2ccc(NSc3ccc(C(C)C)cc3)nc2)ccc1-c1cnc(N)[nH]1.NC=O. The number of pyridine rings is 1. The molecule has 0 fully saturated rings. The van der Waals surface area contributed by atoms with Crippen molar-refractivity contribution in [2.24, 2.45) is 5.73 Å². The van der Waals surface area contributed by atoms with Crippen LogP contribution in [0.4, 0.5) is 11.8 Å². The van der Waals surface area contributed by atoms with Gasteiger partial charge in [0.2, 0.25) is 6.41 Å². The third kappa shape index (κ3) is 7.51. The lowest BCUT2D eigenvalue weighted by atomic mass is 10.0. The number of nitrogens with one attached hydrogen (secondary N) is 2. The fourth-order valence-electron chi connectivity index (χ4n) is 3.54. The number of anilines is 2. The summed E-state index contributed by atoms with van der Waals surface area (Å²) < 4.78 is 8.91. The van der Waals surface area contributed by atoms with Gasteiger partial charge < -0.3 is 25.9 Å². The van der Waals surface area contributed by atoms with Crippen LogP contribution < -0.4 is 20.9 Å². The number of aromatic amines is 1. The van der Waals surface area contributed by atoms with E-state index < -0.39 is 0 Å². The Morgan fingerprint density at radius 1 is 1.03 bits per heavy atom. The van der Waals surface area contributed by atoms with E-state index in [9.17, 15) is 0 Å².